The van der Waals surface area contributed by atoms with Crippen LogP contribution >= 0.6 is 23.1 Å². The van der Waals surface area contributed by atoms with Crippen molar-refractivity contribution in [1.29, 1.82) is 0 Å². The standard InChI is InChI=1S/C21H24N2O2S2/c1-3-25-14-13-23-20-16(2)8-7-11-18(20)27-21(23)22-19(24)12-15-26-17-9-5-4-6-10-17/h4-11H,3,12-15H2,1-2H3. The normalized spacial score (nSPS) is 12.0. The molecule has 2 aromatic carbocycles. The van der Waals surface area contributed by atoms with Crippen molar-refractivity contribution >= 4 is 39.2 Å². The number of fused-ring (bicyclic) bond motifs is 1. The molecule has 6 heteroatoms. The number of para-hydroxylation sites is 1. The van der Waals surface area contributed by atoms with Crippen LogP contribution in [0.4, 0.5) is 0 Å². The van der Waals surface area contributed by atoms with E-state index in [0.29, 0.717) is 26.2 Å². The molecule has 1 amide bonds. The lowest BCUT2D eigenvalue weighted by molar-refractivity contribution is -0.117. The molecular formula is C21H24N2O2S2. The average molecular weight is 401 g/mol. The fourth-order valence-corrected chi connectivity index (χ4v) is 4.85. The molecule has 3 rings (SSSR count). The van der Waals surface area contributed by atoms with Gasteiger partial charge < -0.3 is 9.30 Å². The summed E-state index contributed by atoms with van der Waals surface area (Å²) in [5, 5.41) is 0. The van der Waals surface area contributed by atoms with Crippen LogP contribution in [0.1, 0.15) is 18.9 Å². The molecule has 0 unspecified atom stereocenters. The summed E-state index contributed by atoms with van der Waals surface area (Å²) in [6, 6.07) is 16.3. The minimum absolute atomic E-state index is 0.0761. The van der Waals surface area contributed by atoms with Crippen molar-refractivity contribution in [2.24, 2.45) is 4.99 Å². The molecule has 0 saturated heterocycles. The van der Waals surface area contributed by atoms with E-state index in [0.717, 1.165) is 20.8 Å². The molecule has 1 aromatic heterocycles. The number of nitrogens with zero attached hydrogens (tertiary/aromatic N) is 2. The number of carbonyl (C=O) groups excluding carboxylic acids is 1. The molecule has 0 N–H and O–H groups in total. The molecule has 0 aliphatic heterocycles. The number of ether oxygens (including phenoxy) is 1. The van der Waals surface area contributed by atoms with E-state index in [1.165, 1.54) is 10.5 Å². The lowest BCUT2D eigenvalue weighted by atomic mass is 10.2. The van der Waals surface area contributed by atoms with Crippen LogP contribution in [-0.4, -0.2) is 29.4 Å². The Hall–Kier alpha value is -1.89. The van der Waals surface area contributed by atoms with Gasteiger partial charge in [-0.2, -0.15) is 4.99 Å². The minimum atomic E-state index is -0.0761. The maximum atomic E-state index is 12.4. The quantitative estimate of drug-likeness (QED) is 0.408. The van der Waals surface area contributed by atoms with Gasteiger partial charge in [0, 0.05) is 30.2 Å². The van der Waals surface area contributed by atoms with Crippen molar-refractivity contribution in [3.05, 3.63) is 58.9 Å². The van der Waals surface area contributed by atoms with E-state index in [-0.39, 0.29) is 5.91 Å². The van der Waals surface area contributed by atoms with Crippen LogP contribution < -0.4 is 4.80 Å². The second-order valence-electron chi connectivity index (χ2n) is 6.07. The van der Waals surface area contributed by atoms with Crippen molar-refractivity contribution in [3.63, 3.8) is 0 Å². The van der Waals surface area contributed by atoms with Crippen molar-refractivity contribution in [3.8, 4) is 0 Å². The molecule has 142 valence electrons. The first-order chi connectivity index (χ1) is 13.2. The number of rotatable bonds is 8. The van der Waals surface area contributed by atoms with E-state index in [4.69, 9.17) is 4.74 Å². The molecule has 27 heavy (non-hydrogen) atoms. The Bertz CT molecular complexity index is 961. The second kappa shape index (κ2) is 9.88. The number of hydrogen-bond acceptors (Lipinski definition) is 4. The van der Waals surface area contributed by atoms with E-state index >= 15 is 0 Å². The largest absolute Gasteiger partial charge is 0.380 e. The Morgan fingerprint density at radius 2 is 2.00 bits per heavy atom. The highest BCUT2D eigenvalue weighted by Gasteiger charge is 2.10. The second-order valence-corrected chi connectivity index (χ2v) is 8.25. The number of benzene rings is 2. The first kappa shape index (κ1) is 19.9. The molecule has 0 radical (unpaired) electrons. The predicted octanol–water partition coefficient (Wildman–Crippen LogP) is 4.66. The summed E-state index contributed by atoms with van der Waals surface area (Å²) in [6.45, 7) is 6.07. The summed E-state index contributed by atoms with van der Waals surface area (Å²) >= 11 is 3.25. The highest BCUT2D eigenvalue weighted by Crippen LogP contribution is 2.21. The summed E-state index contributed by atoms with van der Waals surface area (Å²) in [5.74, 6) is 0.655. The third kappa shape index (κ3) is 5.31. The number of aryl methyl sites for hydroxylation is 1. The van der Waals surface area contributed by atoms with Crippen molar-refractivity contribution in [2.75, 3.05) is 19.0 Å². The highest BCUT2D eigenvalue weighted by atomic mass is 32.2. The van der Waals surface area contributed by atoms with Gasteiger partial charge in [-0.25, -0.2) is 0 Å². The van der Waals surface area contributed by atoms with E-state index < -0.39 is 0 Å². The fraction of sp³-hybridized carbons (Fsp3) is 0.333. The smallest absolute Gasteiger partial charge is 0.249 e. The van der Waals surface area contributed by atoms with Gasteiger partial charge in [0.1, 0.15) is 0 Å². The predicted molar refractivity (Wildman–Crippen MR) is 113 cm³/mol. The number of thiazole rings is 1. The Morgan fingerprint density at radius 1 is 1.19 bits per heavy atom. The third-order valence-electron chi connectivity index (χ3n) is 4.11. The van der Waals surface area contributed by atoms with Crippen LogP contribution in [0.25, 0.3) is 10.2 Å². The highest BCUT2D eigenvalue weighted by molar-refractivity contribution is 7.99. The molecule has 4 nitrogen and oxygen atoms in total. The summed E-state index contributed by atoms with van der Waals surface area (Å²) in [5.41, 5.74) is 2.33. The van der Waals surface area contributed by atoms with Crippen LogP contribution in [0.15, 0.2) is 58.4 Å². The zero-order valence-electron chi connectivity index (χ0n) is 15.7. The van der Waals surface area contributed by atoms with E-state index in [1.807, 2.05) is 31.2 Å². The van der Waals surface area contributed by atoms with Crippen molar-refractivity contribution < 1.29 is 9.53 Å². The van der Waals surface area contributed by atoms with E-state index in [9.17, 15) is 4.79 Å². The molecule has 0 spiro atoms. The monoisotopic (exact) mass is 400 g/mol. The topological polar surface area (TPSA) is 43.6 Å². The molecule has 3 aromatic rings. The van der Waals surface area contributed by atoms with Crippen LogP contribution in [0, 0.1) is 6.92 Å². The third-order valence-corrected chi connectivity index (χ3v) is 6.17. The maximum absolute atomic E-state index is 12.4. The van der Waals surface area contributed by atoms with Gasteiger partial charge in [0.2, 0.25) is 5.91 Å². The van der Waals surface area contributed by atoms with Gasteiger partial charge in [0.25, 0.3) is 0 Å². The van der Waals surface area contributed by atoms with Crippen molar-refractivity contribution in [2.45, 2.75) is 31.7 Å². The fourth-order valence-electron chi connectivity index (χ4n) is 2.84. The van der Waals surface area contributed by atoms with Gasteiger partial charge in [-0.15, -0.1) is 11.8 Å². The van der Waals surface area contributed by atoms with Crippen LogP contribution in [0.2, 0.25) is 0 Å². The van der Waals surface area contributed by atoms with Gasteiger partial charge in [-0.1, -0.05) is 41.7 Å². The maximum Gasteiger partial charge on any atom is 0.249 e. The minimum Gasteiger partial charge on any atom is -0.380 e. The molecule has 0 aliphatic carbocycles. The van der Waals surface area contributed by atoms with Crippen LogP contribution in [0.5, 0.6) is 0 Å². The lowest BCUT2D eigenvalue weighted by Crippen LogP contribution is -2.20. The Labute approximate surface area is 167 Å². The summed E-state index contributed by atoms with van der Waals surface area (Å²) < 4.78 is 8.79. The van der Waals surface area contributed by atoms with Crippen LogP contribution in [0.3, 0.4) is 0 Å². The average Bonchev–Trinajstić information content (AvgIpc) is 3.01. The van der Waals surface area contributed by atoms with Crippen LogP contribution in [-0.2, 0) is 16.1 Å². The molecule has 0 fully saturated rings. The van der Waals surface area contributed by atoms with Gasteiger partial charge >= 0.3 is 0 Å². The van der Waals surface area contributed by atoms with E-state index in [1.54, 1.807) is 23.1 Å². The molecule has 0 saturated carbocycles. The van der Waals surface area contributed by atoms with Gasteiger partial charge in [-0.05, 0) is 37.6 Å². The first-order valence-corrected chi connectivity index (χ1v) is 10.9. The molecule has 0 aliphatic rings. The number of amides is 1. The lowest BCUT2D eigenvalue weighted by Gasteiger charge is -2.07. The van der Waals surface area contributed by atoms with Crippen molar-refractivity contribution in [1.82, 2.24) is 4.57 Å². The number of aromatic nitrogens is 1. The molecule has 0 atom stereocenters. The number of carbonyl (C=O) groups is 1. The number of thioether (sulfide) groups is 1. The summed E-state index contributed by atoms with van der Waals surface area (Å²) in [4.78, 5) is 18.8. The summed E-state index contributed by atoms with van der Waals surface area (Å²) in [7, 11) is 0. The zero-order chi connectivity index (χ0) is 19.1. The molecule has 0 bridgehead atoms. The molecular weight excluding hydrogens is 376 g/mol. The van der Waals surface area contributed by atoms with Gasteiger partial charge in [0.15, 0.2) is 4.80 Å². The Balaban J connectivity index is 1.78. The van der Waals surface area contributed by atoms with E-state index in [2.05, 4.69) is 40.7 Å². The molecule has 1 heterocycles. The Morgan fingerprint density at radius 3 is 2.78 bits per heavy atom. The zero-order valence-corrected chi connectivity index (χ0v) is 17.3. The first-order valence-electron chi connectivity index (χ1n) is 9.11. The van der Waals surface area contributed by atoms with Gasteiger partial charge in [0.05, 0.1) is 16.8 Å². The summed E-state index contributed by atoms with van der Waals surface area (Å²) in [6.07, 6.45) is 0.429. The SMILES string of the molecule is CCOCCn1c(=NC(=O)CCSc2ccccc2)sc2cccc(C)c21. The van der Waals surface area contributed by atoms with Gasteiger partial charge in [-0.3, -0.25) is 4.79 Å². The number of hydrogen-bond donors (Lipinski definition) is 0. The Kier molecular flexibility index (Phi) is 7.26.